The molecule has 1 N–H and O–H groups in total. The highest BCUT2D eigenvalue weighted by molar-refractivity contribution is 8.22. The summed E-state index contributed by atoms with van der Waals surface area (Å²) in [5.74, 6) is 0. The lowest BCUT2D eigenvalue weighted by molar-refractivity contribution is 0.627. The number of anilines is 1. The van der Waals surface area contributed by atoms with Crippen molar-refractivity contribution in [3.05, 3.63) is 18.5 Å². The number of hydrogen-bond donors (Lipinski definition) is 1. The zero-order valence-corrected chi connectivity index (χ0v) is 8.15. The minimum Gasteiger partial charge on any atom is -0.377 e. The van der Waals surface area contributed by atoms with E-state index in [2.05, 4.69) is 10.3 Å². The summed E-state index contributed by atoms with van der Waals surface area (Å²) in [6.07, 6.45) is 3.33. The molecule has 6 heteroatoms. The van der Waals surface area contributed by atoms with Gasteiger partial charge in [-0.15, -0.1) is 0 Å². The van der Waals surface area contributed by atoms with Crippen molar-refractivity contribution >= 4 is 31.9 Å². The standard InChI is InChI=1S/C7H6N2O2S2/c10-13(11)7-4-9-5-3-8-2-1-6(5)12-7/h1-3,9H,4H2. The zero-order valence-electron chi connectivity index (χ0n) is 6.52. The molecule has 68 valence electrons. The molecule has 1 aliphatic rings. The van der Waals surface area contributed by atoms with Gasteiger partial charge in [-0.25, -0.2) is 0 Å². The van der Waals surface area contributed by atoms with E-state index in [-0.39, 0.29) is 0 Å². The Kier molecular flexibility index (Phi) is 2.24. The van der Waals surface area contributed by atoms with Crippen LogP contribution in [0.3, 0.4) is 0 Å². The summed E-state index contributed by atoms with van der Waals surface area (Å²) in [6.45, 7) is 0.361. The molecule has 2 rings (SSSR count). The molecule has 0 unspecified atom stereocenters. The van der Waals surface area contributed by atoms with Gasteiger partial charge >= 0.3 is 0 Å². The van der Waals surface area contributed by atoms with Crippen molar-refractivity contribution in [2.24, 2.45) is 0 Å². The van der Waals surface area contributed by atoms with E-state index in [1.165, 1.54) is 11.8 Å². The van der Waals surface area contributed by atoms with Gasteiger partial charge in [0.25, 0.3) is 0 Å². The summed E-state index contributed by atoms with van der Waals surface area (Å²) >= 11 is 1.27. The summed E-state index contributed by atoms with van der Waals surface area (Å²) in [5.41, 5.74) is 0.890. The van der Waals surface area contributed by atoms with Crippen molar-refractivity contribution in [3.63, 3.8) is 0 Å². The molecule has 2 heterocycles. The Balaban J connectivity index is 2.46. The third-order valence-electron chi connectivity index (χ3n) is 1.61. The van der Waals surface area contributed by atoms with Gasteiger partial charge in [0.2, 0.25) is 10.3 Å². The highest BCUT2D eigenvalue weighted by Crippen LogP contribution is 2.30. The van der Waals surface area contributed by atoms with E-state index in [4.69, 9.17) is 0 Å². The molecule has 1 aliphatic heterocycles. The third kappa shape index (κ3) is 1.68. The Morgan fingerprint density at radius 1 is 1.54 bits per heavy atom. The van der Waals surface area contributed by atoms with Crippen LogP contribution in [0, 0.1) is 0 Å². The van der Waals surface area contributed by atoms with E-state index in [1.807, 2.05) is 0 Å². The average molecular weight is 214 g/mol. The molecule has 0 bridgehead atoms. The average Bonchev–Trinajstić information content (AvgIpc) is 2.17. The zero-order chi connectivity index (χ0) is 9.26. The van der Waals surface area contributed by atoms with E-state index in [9.17, 15) is 8.42 Å². The molecule has 0 fully saturated rings. The summed E-state index contributed by atoms with van der Waals surface area (Å²) < 4.78 is 21.7. The number of nitrogens with one attached hydrogen (secondary N) is 1. The van der Waals surface area contributed by atoms with Crippen molar-refractivity contribution in [3.8, 4) is 0 Å². The number of fused-ring (bicyclic) bond motifs is 1. The summed E-state index contributed by atoms with van der Waals surface area (Å²) in [5, 5.41) is 2.98. The van der Waals surface area contributed by atoms with Crippen LogP contribution in [0.2, 0.25) is 0 Å². The monoisotopic (exact) mass is 214 g/mol. The second kappa shape index (κ2) is 3.39. The van der Waals surface area contributed by atoms with Crippen LogP contribution in [0.4, 0.5) is 5.69 Å². The summed E-state index contributed by atoms with van der Waals surface area (Å²) in [6, 6.07) is 1.79. The van der Waals surface area contributed by atoms with Crippen molar-refractivity contribution < 1.29 is 8.42 Å². The van der Waals surface area contributed by atoms with Gasteiger partial charge in [-0.05, 0) is 6.07 Å². The fourth-order valence-corrected chi connectivity index (χ4v) is 2.51. The molecule has 0 atom stereocenters. The molecule has 0 saturated carbocycles. The first kappa shape index (κ1) is 8.58. The fraction of sp³-hybridized carbons (Fsp3) is 0.143. The fourth-order valence-electron chi connectivity index (χ4n) is 1.02. The van der Waals surface area contributed by atoms with E-state index in [1.54, 1.807) is 18.5 Å². The number of aromatic nitrogens is 1. The SMILES string of the molecule is O=S(=O)=C1CNc2cnccc2S1. The van der Waals surface area contributed by atoms with Gasteiger partial charge in [-0.3, -0.25) is 4.98 Å². The predicted molar refractivity (Wildman–Crippen MR) is 52.5 cm³/mol. The molecular weight excluding hydrogens is 208 g/mol. The Morgan fingerprint density at radius 3 is 3.15 bits per heavy atom. The molecular formula is C7H6N2O2S2. The smallest absolute Gasteiger partial charge is 0.225 e. The van der Waals surface area contributed by atoms with E-state index in [0.717, 1.165) is 10.6 Å². The van der Waals surface area contributed by atoms with Crippen LogP contribution in [-0.4, -0.2) is 24.1 Å². The number of hydrogen-bond acceptors (Lipinski definition) is 5. The van der Waals surface area contributed by atoms with E-state index >= 15 is 0 Å². The molecule has 1 aromatic heterocycles. The number of thioether (sulfide) groups is 1. The van der Waals surface area contributed by atoms with Crippen molar-refractivity contribution in [1.29, 1.82) is 0 Å². The van der Waals surface area contributed by atoms with Gasteiger partial charge in [0.1, 0.15) is 4.20 Å². The lowest BCUT2D eigenvalue weighted by Crippen LogP contribution is -2.16. The highest BCUT2D eigenvalue weighted by atomic mass is 32.2. The molecule has 13 heavy (non-hydrogen) atoms. The molecule has 0 aromatic carbocycles. The first-order valence-electron chi connectivity index (χ1n) is 3.58. The highest BCUT2D eigenvalue weighted by Gasteiger charge is 2.14. The number of rotatable bonds is 0. The van der Waals surface area contributed by atoms with E-state index < -0.39 is 10.3 Å². The van der Waals surface area contributed by atoms with Gasteiger partial charge in [0, 0.05) is 11.1 Å². The molecule has 0 saturated heterocycles. The molecule has 0 aliphatic carbocycles. The van der Waals surface area contributed by atoms with Crippen LogP contribution >= 0.6 is 11.8 Å². The first-order valence-corrected chi connectivity index (χ1v) is 5.47. The Bertz CT molecular complexity index is 459. The second-order valence-corrected chi connectivity index (χ2v) is 4.79. The molecule has 0 amide bonds. The summed E-state index contributed by atoms with van der Waals surface area (Å²) in [4.78, 5) is 4.83. The second-order valence-electron chi connectivity index (χ2n) is 2.43. The van der Waals surface area contributed by atoms with Crippen LogP contribution in [0.5, 0.6) is 0 Å². The van der Waals surface area contributed by atoms with Gasteiger partial charge < -0.3 is 5.32 Å². The predicted octanol–water partition coefficient (Wildman–Crippen LogP) is 0.608. The number of nitrogens with zero attached hydrogens (tertiary/aromatic N) is 1. The van der Waals surface area contributed by atoms with Crippen LogP contribution in [0.25, 0.3) is 0 Å². The Labute approximate surface area is 80.9 Å². The maximum absolute atomic E-state index is 10.7. The Hall–Kier alpha value is -1.01. The van der Waals surface area contributed by atoms with Crippen LogP contribution in [-0.2, 0) is 10.3 Å². The van der Waals surface area contributed by atoms with Crippen molar-refractivity contribution in [2.45, 2.75) is 4.90 Å². The largest absolute Gasteiger partial charge is 0.377 e. The molecule has 4 nitrogen and oxygen atoms in total. The summed E-state index contributed by atoms with van der Waals surface area (Å²) in [7, 11) is -2.11. The van der Waals surface area contributed by atoms with Crippen molar-refractivity contribution in [1.82, 2.24) is 4.98 Å². The third-order valence-corrected chi connectivity index (χ3v) is 3.74. The first-order chi connectivity index (χ1) is 6.27. The van der Waals surface area contributed by atoms with Gasteiger partial charge in [0.15, 0.2) is 0 Å². The van der Waals surface area contributed by atoms with Crippen LogP contribution < -0.4 is 5.32 Å². The quantitative estimate of drug-likeness (QED) is 0.641. The molecule has 0 radical (unpaired) electrons. The minimum absolute atomic E-state index is 0.361. The normalized spacial score (nSPS) is 14.6. The lowest BCUT2D eigenvalue weighted by Gasteiger charge is -2.15. The molecule has 1 aromatic rings. The lowest BCUT2D eigenvalue weighted by atomic mass is 10.4. The van der Waals surface area contributed by atoms with Gasteiger partial charge in [0.05, 0.1) is 18.4 Å². The maximum Gasteiger partial charge on any atom is 0.225 e. The minimum atomic E-state index is -2.11. The van der Waals surface area contributed by atoms with Crippen LogP contribution in [0.1, 0.15) is 0 Å². The molecule has 0 spiro atoms. The van der Waals surface area contributed by atoms with E-state index in [0.29, 0.717) is 10.7 Å². The Morgan fingerprint density at radius 2 is 2.38 bits per heavy atom. The van der Waals surface area contributed by atoms with Crippen molar-refractivity contribution in [2.75, 3.05) is 11.9 Å². The number of pyridine rings is 1. The topological polar surface area (TPSA) is 59.1 Å². The van der Waals surface area contributed by atoms with Gasteiger partial charge in [-0.1, -0.05) is 11.8 Å². The van der Waals surface area contributed by atoms with Crippen LogP contribution in [0.15, 0.2) is 23.4 Å². The van der Waals surface area contributed by atoms with Gasteiger partial charge in [-0.2, -0.15) is 8.42 Å². The maximum atomic E-state index is 10.7.